The summed E-state index contributed by atoms with van der Waals surface area (Å²) in [6, 6.07) is -0.386. The quantitative estimate of drug-likeness (QED) is 0.412. The van der Waals surface area contributed by atoms with Gasteiger partial charge in [0.25, 0.3) is 0 Å². The van der Waals surface area contributed by atoms with Crippen LogP contribution in [0.1, 0.15) is 13.8 Å². The van der Waals surface area contributed by atoms with Gasteiger partial charge >= 0.3 is 0 Å². The molecular weight excluding hydrogens is 172 g/mol. The number of rotatable bonds is 2. The monoisotopic (exact) mass is 188 g/mol. The van der Waals surface area contributed by atoms with Gasteiger partial charge in [-0.15, -0.1) is 0 Å². The molecule has 0 saturated carbocycles. The van der Waals surface area contributed by atoms with Gasteiger partial charge in [0.2, 0.25) is 5.91 Å². The number of hydrogen-bond acceptors (Lipinski definition) is 4. The minimum atomic E-state index is -0.804. The van der Waals surface area contributed by atoms with Gasteiger partial charge in [-0.1, -0.05) is 0 Å². The highest BCUT2D eigenvalue weighted by atomic mass is 16.3. The third-order valence-electron chi connectivity index (χ3n) is 2.32. The van der Waals surface area contributed by atoms with Crippen LogP contribution in [0.2, 0.25) is 0 Å². The summed E-state index contributed by atoms with van der Waals surface area (Å²) in [5, 5.41) is 24.4. The van der Waals surface area contributed by atoms with Crippen LogP contribution in [-0.4, -0.2) is 47.0 Å². The second-order valence-electron chi connectivity index (χ2n) is 3.48. The third kappa shape index (κ3) is 2.40. The molecule has 76 valence electrons. The third-order valence-corrected chi connectivity index (χ3v) is 2.32. The number of nitrogens with one attached hydrogen (secondary N) is 2. The highest BCUT2D eigenvalue weighted by Crippen LogP contribution is 2.13. The summed E-state index contributed by atoms with van der Waals surface area (Å²) in [5.41, 5.74) is 0. The molecule has 0 radical (unpaired) electrons. The molecule has 1 fully saturated rings. The first-order valence-corrected chi connectivity index (χ1v) is 4.39. The summed E-state index contributed by atoms with van der Waals surface area (Å²) in [6.07, 6.45) is -1.55. The van der Waals surface area contributed by atoms with Crippen molar-refractivity contribution >= 4 is 5.91 Å². The molecule has 0 aromatic rings. The molecule has 1 aliphatic heterocycles. The maximum atomic E-state index is 10.6. The van der Waals surface area contributed by atoms with E-state index in [9.17, 15) is 15.0 Å². The minimum absolute atomic E-state index is 0.131. The van der Waals surface area contributed by atoms with Crippen molar-refractivity contribution in [3.63, 3.8) is 0 Å². The minimum Gasteiger partial charge on any atom is -0.389 e. The topological polar surface area (TPSA) is 81.6 Å². The van der Waals surface area contributed by atoms with Gasteiger partial charge in [0.15, 0.2) is 0 Å². The molecule has 13 heavy (non-hydrogen) atoms. The van der Waals surface area contributed by atoms with Crippen molar-refractivity contribution < 1.29 is 15.0 Å². The van der Waals surface area contributed by atoms with Crippen LogP contribution in [0, 0.1) is 0 Å². The summed E-state index contributed by atoms with van der Waals surface area (Å²) >= 11 is 0. The summed E-state index contributed by atoms with van der Waals surface area (Å²) in [4.78, 5) is 10.6. The molecule has 0 aromatic carbocycles. The SMILES string of the molecule is CC(=O)NCC1NC(C)C(O)C1O. The number of hydrogen-bond donors (Lipinski definition) is 4. The summed E-state index contributed by atoms with van der Waals surface area (Å²) < 4.78 is 0. The van der Waals surface area contributed by atoms with Gasteiger partial charge in [0, 0.05) is 19.5 Å². The van der Waals surface area contributed by atoms with Gasteiger partial charge in [-0.25, -0.2) is 0 Å². The van der Waals surface area contributed by atoms with Crippen molar-refractivity contribution in [2.45, 2.75) is 38.1 Å². The van der Waals surface area contributed by atoms with Crippen molar-refractivity contribution in [3.8, 4) is 0 Å². The van der Waals surface area contributed by atoms with Crippen molar-refractivity contribution in [3.05, 3.63) is 0 Å². The van der Waals surface area contributed by atoms with Gasteiger partial charge in [-0.3, -0.25) is 4.79 Å². The van der Waals surface area contributed by atoms with E-state index in [0.717, 1.165) is 0 Å². The van der Waals surface area contributed by atoms with Crippen LogP contribution < -0.4 is 10.6 Å². The molecule has 5 heteroatoms. The van der Waals surface area contributed by atoms with E-state index in [1.165, 1.54) is 6.92 Å². The zero-order valence-corrected chi connectivity index (χ0v) is 7.82. The van der Waals surface area contributed by atoms with E-state index in [4.69, 9.17) is 0 Å². The average molecular weight is 188 g/mol. The lowest BCUT2D eigenvalue weighted by atomic mass is 10.1. The van der Waals surface area contributed by atoms with Crippen LogP contribution in [0.3, 0.4) is 0 Å². The highest BCUT2D eigenvalue weighted by molar-refractivity contribution is 5.72. The van der Waals surface area contributed by atoms with E-state index in [1.54, 1.807) is 6.92 Å². The molecule has 0 aromatic heterocycles. The molecule has 4 atom stereocenters. The van der Waals surface area contributed by atoms with Crippen LogP contribution in [0.15, 0.2) is 0 Å². The number of aliphatic hydroxyl groups is 2. The molecule has 1 rings (SSSR count). The first-order valence-electron chi connectivity index (χ1n) is 4.39. The molecular formula is C8H16N2O3. The molecule has 0 aliphatic carbocycles. The lowest BCUT2D eigenvalue weighted by Crippen LogP contribution is -2.43. The Hall–Kier alpha value is -0.650. The van der Waals surface area contributed by atoms with Crippen LogP contribution in [-0.2, 0) is 4.79 Å². The standard InChI is InChI=1S/C8H16N2O3/c1-4-7(12)8(13)6(10-4)3-9-5(2)11/h4,6-8,10,12-13H,3H2,1-2H3,(H,9,11). The lowest BCUT2D eigenvalue weighted by molar-refractivity contribution is -0.119. The van der Waals surface area contributed by atoms with Crippen LogP contribution >= 0.6 is 0 Å². The Labute approximate surface area is 77.1 Å². The van der Waals surface area contributed by atoms with Crippen molar-refractivity contribution in [2.24, 2.45) is 0 Å². The highest BCUT2D eigenvalue weighted by Gasteiger charge is 2.38. The summed E-state index contributed by atoms with van der Waals surface area (Å²) in [6.45, 7) is 3.56. The van der Waals surface area contributed by atoms with Crippen molar-refractivity contribution in [1.82, 2.24) is 10.6 Å². The Morgan fingerprint density at radius 2 is 2.08 bits per heavy atom. The van der Waals surface area contributed by atoms with Gasteiger partial charge in [0.05, 0.1) is 18.2 Å². The molecule has 1 heterocycles. The molecule has 5 nitrogen and oxygen atoms in total. The zero-order valence-electron chi connectivity index (χ0n) is 7.82. The molecule has 1 amide bonds. The van der Waals surface area contributed by atoms with E-state index >= 15 is 0 Å². The van der Waals surface area contributed by atoms with Crippen LogP contribution in [0.25, 0.3) is 0 Å². The first kappa shape index (κ1) is 10.4. The number of carbonyl (C=O) groups is 1. The Bertz CT molecular complexity index is 198. The number of aliphatic hydroxyl groups excluding tert-OH is 2. The van der Waals surface area contributed by atoms with E-state index < -0.39 is 12.2 Å². The fourth-order valence-electron chi connectivity index (χ4n) is 1.50. The van der Waals surface area contributed by atoms with Gasteiger partial charge in [-0.2, -0.15) is 0 Å². The molecule has 4 unspecified atom stereocenters. The zero-order chi connectivity index (χ0) is 10.0. The lowest BCUT2D eigenvalue weighted by Gasteiger charge is -2.15. The Morgan fingerprint density at radius 1 is 1.46 bits per heavy atom. The largest absolute Gasteiger partial charge is 0.389 e. The molecule has 4 N–H and O–H groups in total. The van der Waals surface area contributed by atoms with Crippen LogP contribution in [0.5, 0.6) is 0 Å². The fraction of sp³-hybridized carbons (Fsp3) is 0.875. The van der Waals surface area contributed by atoms with E-state index in [2.05, 4.69) is 10.6 Å². The van der Waals surface area contributed by atoms with E-state index in [-0.39, 0.29) is 18.0 Å². The fourth-order valence-corrected chi connectivity index (χ4v) is 1.50. The number of carbonyl (C=O) groups excluding carboxylic acids is 1. The smallest absolute Gasteiger partial charge is 0.216 e. The Morgan fingerprint density at radius 3 is 2.46 bits per heavy atom. The molecule has 0 bridgehead atoms. The van der Waals surface area contributed by atoms with Gasteiger partial charge in [-0.05, 0) is 6.92 Å². The Kier molecular flexibility index (Phi) is 3.24. The normalized spacial score (nSPS) is 39.1. The molecule has 0 spiro atoms. The maximum absolute atomic E-state index is 10.6. The van der Waals surface area contributed by atoms with Gasteiger partial charge in [0.1, 0.15) is 0 Å². The van der Waals surface area contributed by atoms with E-state index in [0.29, 0.717) is 6.54 Å². The predicted molar refractivity (Wildman–Crippen MR) is 47.1 cm³/mol. The average Bonchev–Trinajstić information content (AvgIpc) is 2.29. The van der Waals surface area contributed by atoms with Gasteiger partial charge < -0.3 is 20.8 Å². The second-order valence-corrected chi connectivity index (χ2v) is 3.48. The summed E-state index contributed by atoms with van der Waals surface area (Å²) in [5.74, 6) is -0.136. The molecule has 1 saturated heterocycles. The van der Waals surface area contributed by atoms with Crippen molar-refractivity contribution in [1.29, 1.82) is 0 Å². The second kappa shape index (κ2) is 4.04. The molecule has 1 aliphatic rings. The van der Waals surface area contributed by atoms with Crippen molar-refractivity contribution in [2.75, 3.05) is 6.54 Å². The predicted octanol–water partition coefficient (Wildman–Crippen LogP) is -1.80. The Balaban J connectivity index is 2.40. The maximum Gasteiger partial charge on any atom is 0.216 e. The first-order chi connectivity index (χ1) is 6.02. The van der Waals surface area contributed by atoms with E-state index in [1.807, 2.05) is 0 Å². The summed E-state index contributed by atoms with van der Waals surface area (Å²) in [7, 11) is 0. The number of amides is 1. The van der Waals surface area contributed by atoms with Crippen LogP contribution in [0.4, 0.5) is 0 Å².